The minimum Gasteiger partial charge on any atom is -0.345 e. The summed E-state index contributed by atoms with van der Waals surface area (Å²) < 4.78 is 25.9. The SMILES string of the molecule is CNS(=O)(=O)c1ccc(Cl)c(C(=O)NC(C)c2ccc(C#N)cc2)c1. The summed E-state index contributed by atoms with van der Waals surface area (Å²) in [5.74, 6) is -0.491. The first-order valence-corrected chi connectivity index (χ1v) is 9.18. The van der Waals surface area contributed by atoms with Crippen LogP contribution in [0.4, 0.5) is 0 Å². The lowest BCUT2D eigenvalue weighted by molar-refractivity contribution is 0.0940. The van der Waals surface area contributed by atoms with Crippen molar-refractivity contribution in [1.29, 1.82) is 5.26 Å². The van der Waals surface area contributed by atoms with E-state index >= 15 is 0 Å². The molecule has 0 fully saturated rings. The largest absolute Gasteiger partial charge is 0.345 e. The maximum atomic E-state index is 12.5. The average molecular weight is 378 g/mol. The second-order valence-electron chi connectivity index (χ2n) is 5.28. The molecule has 0 saturated heterocycles. The molecule has 0 aromatic heterocycles. The minimum absolute atomic E-state index is 0.0458. The quantitative estimate of drug-likeness (QED) is 0.836. The Bertz CT molecular complexity index is 935. The number of hydrogen-bond donors (Lipinski definition) is 2. The smallest absolute Gasteiger partial charge is 0.253 e. The van der Waals surface area contributed by atoms with Gasteiger partial charge in [-0.3, -0.25) is 4.79 Å². The highest BCUT2D eigenvalue weighted by Crippen LogP contribution is 2.22. The molecule has 8 heteroatoms. The first-order valence-electron chi connectivity index (χ1n) is 7.32. The molecule has 0 saturated carbocycles. The fraction of sp³-hybridized carbons (Fsp3) is 0.176. The fourth-order valence-electron chi connectivity index (χ4n) is 2.17. The van der Waals surface area contributed by atoms with Gasteiger partial charge >= 0.3 is 0 Å². The number of nitriles is 1. The topological polar surface area (TPSA) is 99.1 Å². The van der Waals surface area contributed by atoms with Crippen molar-refractivity contribution in [3.8, 4) is 6.07 Å². The molecule has 6 nitrogen and oxygen atoms in total. The molecule has 2 aromatic rings. The van der Waals surface area contributed by atoms with Crippen LogP contribution in [-0.2, 0) is 10.0 Å². The summed E-state index contributed by atoms with van der Waals surface area (Å²) in [6.45, 7) is 1.78. The van der Waals surface area contributed by atoms with Gasteiger partial charge in [-0.15, -0.1) is 0 Å². The van der Waals surface area contributed by atoms with E-state index in [2.05, 4.69) is 10.0 Å². The van der Waals surface area contributed by atoms with Crippen molar-refractivity contribution in [3.63, 3.8) is 0 Å². The Morgan fingerprint density at radius 1 is 1.20 bits per heavy atom. The Labute approximate surface area is 151 Å². The van der Waals surface area contributed by atoms with Gasteiger partial charge in [0.1, 0.15) is 0 Å². The molecule has 130 valence electrons. The van der Waals surface area contributed by atoms with E-state index in [1.165, 1.54) is 25.2 Å². The van der Waals surface area contributed by atoms with Crippen molar-refractivity contribution in [3.05, 3.63) is 64.2 Å². The Morgan fingerprint density at radius 2 is 1.84 bits per heavy atom. The fourth-order valence-corrected chi connectivity index (χ4v) is 3.13. The normalized spacial score (nSPS) is 12.2. The Morgan fingerprint density at radius 3 is 2.40 bits per heavy atom. The van der Waals surface area contributed by atoms with Gasteiger partial charge in [0, 0.05) is 0 Å². The second-order valence-corrected chi connectivity index (χ2v) is 7.57. The standard InChI is InChI=1S/C17H16ClN3O3S/c1-11(13-5-3-12(10-19)4-6-13)21-17(22)15-9-14(7-8-16(15)18)25(23,24)20-2/h3-9,11,20H,1-2H3,(H,21,22). The first-order chi connectivity index (χ1) is 11.8. The van der Waals surface area contributed by atoms with E-state index in [1.54, 1.807) is 31.2 Å². The highest BCUT2D eigenvalue weighted by molar-refractivity contribution is 7.89. The van der Waals surface area contributed by atoms with Crippen LogP contribution in [0.15, 0.2) is 47.4 Å². The number of carbonyl (C=O) groups is 1. The maximum Gasteiger partial charge on any atom is 0.253 e. The molecule has 1 amide bonds. The first kappa shape index (κ1) is 18.9. The van der Waals surface area contributed by atoms with Crippen LogP contribution in [0.25, 0.3) is 0 Å². The van der Waals surface area contributed by atoms with Gasteiger partial charge in [0.05, 0.1) is 33.2 Å². The van der Waals surface area contributed by atoms with Gasteiger partial charge in [0.25, 0.3) is 5.91 Å². The van der Waals surface area contributed by atoms with Gasteiger partial charge in [-0.1, -0.05) is 23.7 Å². The average Bonchev–Trinajstić information content (AvgIpc) is 2.61. The van der Waals surface area contributed by atoms with Gasteiger partial charge < -0.3 is 5.32 Å². The van der Waals surface area contributed by atoms with Crippen molar-refractivity contribution in [1.82, 2.24) is 10.0 Å². The molecular formula is C17H16ClN3O3S. The van der Waals surface area contributed by atoms with Crippen LogP contribution in [0.5, 0.6) is 0 Å². The van der Waals surface area contributed by atoms with Gasteiger partial charge in [-0.05, 0) is 49.9 Å². The monoisotopic (exact) mass is 377 g/mol. The van der Waals surface area contributed by atoms with Crippen LogP contribution >= 0.6 is 11.6 Å². The van der Waals surface area contributed by atoms with Crippen LogP contribution in [0.1, 0.15) is 34.5 Å². The summed E-state index contributed by atoms with van der Waals surface area (Å²) in [6.07, 6.45) is 0. The molecule has 2 N–H and O–H groups in total. The zero-order valence-corrected chi connectivity index (χ0v) is 15.1. The van der Waals surface area contributed by atoms with Crippen molar-refractivity contribution >= 4 is 27.5 Å². The zero-order chi connectivity index (χ0) is 18.6. The van der Waals surface area contributed by atoms with Crippen LogP contribution in [0, 0.1) is 11.3 Å². The van der Waals surface area contributed by atoms with E-state index in [1.807, 2.05) is 6.07 Å². The number of nitrogens with one attached hydrogen (secondary N) is 2. The van der Waals surface area contributed by atoms with Gasteiger partial charge in [0.15, 0.2) is 0 Å². The van der Waals surface area contributed by atoms with E-state index < -0.39 is 15.9 Å². The van der Waals surface area contributed by atoms with Crippen LogP contribution in [0.3, 0.4) is 0 Å². The van der Waals surface area contributed by atoms with Crippen LogP contribution in [-0.4, -0.2) is 21.4 Å². The van der Waals surface area contributed by atoms with E-state index in [-0.39, 0.29) is 21.5 Å². The minimum atomic E-state index is -3.68. The Kier molecular flexibility index (Phi) is 5.80. The molecule has 0 bridgehead atoms. The Balaban J connectivity index is 2.25. The molecule has 25 heavy (non-hydrogen) atoms. The maximum absolute atomic E-state index is 12.5. The molecule has 0 aliphatic heterocycles. The van der Waals surface area contributed by atoms with Crippen molar-refractivity contribution in [2.24, 2.45) is 0 Å². The van der Waals surface area contributed by atoms with E-state index in [9.17, 15) is 13.2 Å². The molecule has 0 aliphatic rings. The number of hydrogen-bond acceptors (Lipinski definition) is 4. The highest BCUT2D eigenvalue weighted by Gasteiger charge is 2.19. The van der Waals surface area contributed by atoms with Crippen molar-refractivity contribution in [2.45, 2.75) is 17.9 Å². The molecule has 0 heterocycles. The summed E-state index contributed by atoms with van der Waals surface area (Å²) in [6, 6.07) is 12.4. The number of halogens is 1. The summed E-state index contributed by atoms with van der Waals surface area (Å²) in [5.41, 5.74) is 1.40. The van der Waals surface area contributed by atoms with Crippen molar-refractivity contribution < 1.29 is 13.2 Å². The number of sulfonamides is 1. The lowest BCUT2D eigenvalue weighted by Gasteiger charge is -2.15. The molecule has 0 aliphatic carbocycles. The summed E-state index contributed by atoms with van der Waals surface area (Å²) in [4.78, 5) is 12.4. The van der Waals surface area contributed by atoms with Crippen LogP contribution in [0.2, 0.25) is 5.02 Å². The predicted molar refractivity (Wildman–Crippen MR) is 94.7 cm³/mol. The third kappa shape index (κ3) is 4.37. The molecule has 1 unspecified atom stereocenters. The lowest BCUT2D eigenvalue weighted by Crippen LogP contribution is -2.27. The van der Waals surface area contributed by atoms with E-state index in [0.29, 0.717) is 5.56 Å². The number of amides is 1. The summed E-state index contributed by atoms with van der Waals surface area (Å²) >= 11 is 6.04. The van der Waals surface area contributed by atoms with Crippen molar-refractivity contribution in [2.75, 3.05) is 7.05 Å². The van der Waals surface area contributed by atoms with E-state index in [0.717, 1.165) is 5.56 Å². The number of carbonyl (C=O) groups excluding carboxylic acids is 1. The predicted octanol–water partition coefficient (Wildman–Crippen LogP) is 2.61. The highest BCUT2D eigenvalue weighted by atomic mass is 35.5. The van der Waals surface area contributed by atoms with Crippen LogP contribution < -0.4 is 10.0 Å². The molecular weight excluding hydrogens is 362 g/mol. The molecule has 0 spiro atoms. The third-order valence-corrected chi connectivity index (χ3v) is 5.39. The molecule has 1 atom stereocenters. The van der Waals surface area contributed by atoms with Gasteiger partial charge in [0.2, 0.25) is 10.0 Å². The number of nitrogens with zero attached hydrogens (tertiary/aromatic N) is 1. The molecule has 0 radical (unpaired) electrons. The zero-order valence-electron chi connectivity index (χ0n) is 13.6. The van der Waals surface area contributed by atoms with Gasteiger partial charge in [-0.2, -0.15) is 5.26 Å². The molecule has 2 aromatic carbocycles. The van der Waals surface area contributed by atoms with E-state index in [4.69, 9.17) is 16.9 Å². The second kappa shape index (κ2) is 7.66. The molecule has 2 rings (SSSR count). The summed E-state index contributed by atoms with van der Waals surface area (Å²) in [5, 5.41) is 11.7. The number of rotatable bonds is 5. The number of benzene rings is 2. The van der Waals surface area contributed by atoms with Gasteiger partial charge in [-0.25, -0.2) is 13.1 Å². The Hall–Kier alpha value is -2.40. The summed E-state index contributed by atoms with van der Waals surface area (Å²) in [7, 11) is -2.39. The lowest BCUT2D eigenvalue weighted by atomic mass is 10.1. The third-order valence-electron chi connectivity index (χ3n) is 3.65.